The summed E-state index contributed by atoms with van der Waals surface area (Å²) in [6.45, 7) is 1.74. The van der Waals surface area contributed by atoms with Crippen LogP contribution >= 0.6 is 0 Å². The van der Waals surface area contributed by atoms with E-state index < -0.39 is 12.2 Å². The van der Waals surface area contributed by atoms with E-state index in [1.807, 2.05) is 24.3 Å². The van der Waals surface area contributed by atoms with Crippen molar-refractivity contribution in [3.8, 4) is 0 Å². The zero-order chi connectivity index (χ0) is 9.42. The fourth-order valence-electron chi connectivity index (χ4n) is 2.04. The average molecular weight is 178 g/mol. The quantitative estimate of drug-likeness (QED) is 0.680. The molecule has 1 aliphatic carbocycles. The maximum Gasteiger partial charge on any atom is 0.0848 e. The highest BCUT2D eigenvalue weighted by molar-refractivity contribution is 5.34. The lowest BCUT2D eigenvalue weighted by atomic mass is 9.98. The van der Waals surface area contributed by atoms with Crippen LogP contribution in [0.15, 0.2) is 24.3 Å². The molecule has 0 fully saturated rings. The van der Waals surface area contributed by atoms with Gasteiger partial charge in [0.15, 0.2) is 0 Å². The minimum atomic E-state index is -0.490. The van der Waals surface area contributed by atoms with E-state index in [2.05, 4.69) is 0 Å². The molecule has 0 aliphatic heterocycles. The van der Waals surface area contributed by atoms with E-state index >= 15 is 0 Å². The molecule has 3 atom stereocenters. The summed E-state index contributed by atoms with van der Waals surface area (Å²) in [4.78, 5) is 0. The number of rotatable bonds is 1. The van der Waals surface area contributed by atoms with Crippen molar-refractivity contribution in [2.24, 2.45) is 5.92 Å². The third kappa shape index (κ3) is 1.36. The first kappa shape index (κ1) is 8.73. The van der Waals surface area contributed by atoms with Crippen molar-refractivity contribution in [1.29, 1.82) is 0 Å². The van der Waals surface area contributed by atoms with Crippen LogP contribution in [0.1, 0.15) is 24.2 Å². The Morgan fingerprint density at radius 2 is 2.08 bits per heavy atom. The first-order valence-electron chi connectivity index (χ1n) is 4.64. The van der Waals surface area contributed by atoms with Gasteiger partial charge >= 0.3 is 0 Å². The largest absolute Gasteiger partial charge is 0.393 e. The third-order valence-electron chi connectivity index (χ3n) is 2.85. The Morgan fingerprint density at radius 1 is 1.38 bits per heavy atom. The van der Waals surface area contributed by atoms with Gasteiger partial charge in [-0.3, -0.25) is 0 Å². The SMILES string of the molecule is C[C@@H](O)[C@H]1Cc2ccccc2[C@H]1O. The molecule has 0 heterocycles. The smallest absolute Gasteiger partial charge is 0.0848 e. The third-order valence-corrected chi connectivity index (χ3v) is 2.85. The van der Waals surface area contributed by atoms with Crippen LogP contribution in [0, 0.1) is 5.92 Å². The molecular weight excluding hydrogens is 164 g/mol. The van der Waals surface area contributed by atoms with E-state index in [4.69, 9.17) is 0 Å². The first-order valence-corrected chi connectivity index (χ1v) is 4.64. The predicted octanol–water partition coefficient (Wildman–Crippen LogP) is 1.27. The number of benzene rings is 1. The predicted molar refractivity (Wildman–Crippen MR) is 50.3 cm³/mol. The molecule has 1 aromatic rings. The number of hydrogen-bond acceptors (Lipinski definition) is 2. The van der Waals surface area contributed by atoms with Gasteiger partial charge < -0.3 is 10.2 Å². The molecule has 0 spiro atoms. The second-order valence-corrected chi connectivity index (χ2v) is 3.75. The van der Waals surface area contributed by atoms with E-state index in [0.29, 0.717) is 0 Å². The van der Waals surface area contributed by atoms with Crippen molar-refractivity contribution < 1.29 is 10.2 Å². The average Bonchev–Trinajstić information content (AvgIpc) is 2.45. The van der Waals surface area contributed by atoms with Crippen LogP contribution in [0.2, 0.25) is 0 Å². The van der Waals surface area contributed by atoms with E-state index in [1.54, 1.807) is 6.92 Å². The van der Waals surface area contributed by atoms with E-state index in [0.717, 1.165) is 12.0 Å². The summed E-state index contributed by atoms with van der Waals surface area (Å²) in [5, 5.41) is 19.3. The fourth-order valence-corrected chi connectivity index (χ4v) is 2.04. The molecule has 2 N–H and O–H groups in total. The van der Waals surface area contributed by atoms with Gasteiger partial charge in [-0.25, -0.2) is 0 Å². The van der Waals surface area contributed by atoms with Gasteiger partial charge in [-0.1, -0.05) is 24.3 Å². The van der Waals surface area contributed by atoms with Gasteiger partial charge in [-0.05, 0) is 24.5 Å². The zero-order valence-corrected chi connectivity index (χ0v) is 7.64. The molecule has 13 heavy (non-hydrogen) atoms. The Labute approximate surface area is 77.8 Å². The maximum atomic E-state index is 9.85. The van der Waals surface area contributed by atoms with Crippen molar-refractivity contribution in [3.63, 3.8) is 0 Å². The van der Waals surface area contributed by atoms with Gasteiger partial charge in [0.05, 0.1) is 12.2 Å². The number of aliphatic hydroxyl groups excluding tert-OH is 2. The van der Waals surface area contributed by atoms with Crippen molar-refractivity contribution in [3.05, 3.63) is 35.4 Å². The Kier molecular flexibility index (Phi) is 2.10. The highest BCUT2D eigenvalue weighted by atomic mass is 16.3. The topological polar surface area (TPSA) is 40.5 Å². The van der Waals surface area contributed by atoms with Crippen molar-refractivity contribution in [1.82, 2.24) is 0 Å². The fraction of sp³-hybridized carbons (Fsp3) is 0.455. The molecule has 1 aromatic carbocycles. The second-order valence-electron chi connectivity index (χ2n) is 3.75. The summed E-state index contributed by atoms with van der Waals surface area (Å²) in [6, 6.07) is 7.84. The lowest BCUT2D eigenvalue weighted by molar-refractivity contribution is 0.0325. The second kappa shape index (κ2) is 3.13. The first-order chi connectivity index (χ1) is 6.20. The molecule has 1 aliphatic rings. The molecule has 0 saturated heterocycles. The van der Waals surface area contributed by atoms with Crippen LogP contribution in [0.4, 0.5) is 0 Å². The summed E-state index contributed by atoms with van der Waals surface area (Å²) < 4.78 is 0. The van der Waals surface area contributed by atoms with Gasteiger partial charge in [0.1, 0.15) is 0 Å². The highest BCUT2D eigenvalue weighted by Gasteiger charge is 2.33. The number of hydrogen-bond donors (Lipinski definition) is 2. The van der Waals surface area contributed by atoms with Crippen molar-refractivity contribution >= 4 is 0 Å². The number of fused-ring (bicyclic) bond motifs is 1. The molecule has 0 radical (unpaired) electrons. The lowest BCUT2D eigenvalue weighted by Gasteiger charge is -2.17. The standard InChI is InChI=1S/C11H14O2/c1-7(12)10-6-8-4-2-3-5-9(8)11(10)13/h2-5,7,10-13H,6H2,1H3/t7-,10-,11-/m1/s1. The van der Waals surface area contributed by atoms with Crippen LogP contribution in [0.25, 0.3) is 0 Å². The highest BCUT2D eigenvalue weighted by Crippen LogP contribution is 2.37. The molecule has 0 bridgehead atoms. The van der Waals surface area contributed by atoms with Crippen LogP contribution in [0.5, 0.6) is 0 Å². The van der Waals surface area contributed by atoms with Crippen LogP contribution in [-0.2, 0) is 6.42 Å². The molecular formula is C11H14O2. The minimum absolute atomic E-state index is 0.0302. The molecule has 2 rings (SSSR count). The van der Waals surface area contributed by atoms with E-state index in [-0.39, 0.29) is 5.92 Å². The van der Waals surface area contributed by atoms with Gasteiger partial charge in [0.25, 0.3) is 0 Å². The maximum absolute atomic E-state index is 9.85. The lowest BCUT2D eigenvalue weighted by Crippen LogP contribution is -2.20. The zero-order valence-electron chi connectivity index (χ0n) is 7.64. The Bertz CT molecular complexity index is 307. The molecule has 0 saturated carbocycles. The van der Waals surface area contributed by atoms with Gasteiger partial charge in [0, 0.05) is 5.92 Å². The Balaban J connectivity index is 2.32. The summed E-state index contributed by atoms with van der Waals surface area (Å²) in [7, 11) is 0. The minimum Gasteiger partial charge on any atom is -0.393 e. The Morgan fingerprint density at radius 3 is 2.69 bits per heavy atom. The van der Waals surface area contributed by atoms with Crippen molar-refractivity contribution in [2.75, 3.05) is 0 Å². The van der Waals surface area contributed by atoms with Crippen LogP contribution in [0.3, 0.4) is 0 Å². The van der Waals surface area contributed by atoms with Gasteiger partial charge in [-0.2, -0.15) is 0 Å². The monoisotopic (exact) mass is 178 g/mol. The van der Waals surface area contributed by atoms with Crippen LogP contribution < -0.4 is 0 Å². The van der Waals surface area contributed by atoms with Crippen LogP contribution in [-0.4, -0.2) is 16.3 Å². The Hall–Kier alpha value is -0.860. The molecule has 2 heteroatoms. The molecule has 2 nitrogen and oxygen atoms in total. The summed E-state index contributed by atoms with van der Waals surface area (Å²) in [6.07, 6.45) is -0.145. The molecule has 0 amide bonds. The summed E-state index contributed by atoms with van der Waals surface area (Å²) >= 11 is 0. The van der Waals surface area contributed by atoms with E-state index in [9.17, 15) is 10.2 Å². The van der Waals surface area contributed by atoms with Gasteiger partial charge in [0.2, 0.25) is 0 Å². The van der Waals surface area contributed by atoms with Gasteiger partial charge in [-0.15, -0.1) is 0 Å². The molecule has 0 unspecified atom stereocenters. The normalized spacial score (nSPS) is 28.5. The van der Waals surface area contributed by atoms with E-state index in [1.165, 1.54) is 5.56 Å². The molecule has 70 valence electrons. The summed E-state index contributed by atoms with van der Waals surface area (Å²) in [5.74, 6) is -0.0302. The number of aliphatic hydroxyl groups is 2. The molecule has 0 aromatic heterocycles. The van der Waals surface area contributed by atoms with Crippen molar-refractivity contribution in [2.45, 2.75) is 25.6 Å². The summed E-state index contributed by atoms with van der Waals surface area (Å²) in [5.41, 5.74) is 2.15.